The lowest BCUT2D eigenvalue weighted by molar-refractivity contribution is 0.0827. The van der Waals surface area contributed by atoms with Crippen molar-refractivity contribution in [3.05, 3.63) is 58.6 Å². The van der Waals surface area contributed by atoms with E-state index in [1.165, 1.54) is 0 Å². The number of hydrogen-bond acceptors (Lipinski definition) is 2. The minimum Gasteiger partial charge on any atom is -0.380 e. The molecular formula is C17H18ClNO2. The van der Waals surface area contributed by atoms with Gasteiger partial charge in [-0.3, -0.25) is 4.79 Å². The lowest BCUT2D eigenvalue weighted by Crippen LogP contribution is -2.21. The summed E-state index contributed by atoms with van der Waals surface area (Å²) in [4.78, 5) is 13.6. The van der Waals surface area contributed by atoms with Crippen molar-refractivity contribution < 1.29 is 9.53 Å². The van der Waals surface area contributed by atoms with Crippen molar-refractivity contribution in [3.8, 4) is 11.1 Å². The fraction of sp³-hybridized carbons (Fsp3) is 0.235. The Kier molecular flexibility index (Phi) is 4.99. The van der Waals surface area contributed by atoms with Crippen molar-refractivity contribution in [2.24, 2.45) is 0 Å². The summed E-state index contributed by atoms with van der Waals surface area (Å²) in [5.41, 5.74) is 3.73. The van der Waals surface area contributed by atoms with Crippen LogP contribution < -0.4 is 0 Å². The molecule has 0 aliphatic heterocycles. The molecule has 1 amide bonds. The van der Waals surface area contributed by atoms with E-state index in [1.807, 2.05) is 42.5 Å². The first-order chi connectivity index (χ1) is 10.0. The normalized spacial score (nSPS) is 10.5. The number of halogens is 1. The van der Waals surface area contributed by atoms with Crippen LogP contribution in [0.4, 0.5) is 0 Å². The minimum absolute atomic E-state index is 0.0185. The number of amides is 1. The third-order valence-electron chi connectivity index (χ3n) is 3.21. The number of carbonyl (C=O) groups is 1. The Morgan fingerprint density at radius 1 is 1.14 bits per heavy atom. The first kappa shape index (κ1) is 15.5. The smallest absolute Gasteiger partial charge is 0.253 e. The minimum atomic E-state index is -0.0185. The van der Waals surface area contributed by atoms with E-state index in [4.69, 9.17) is 16.3 Å². The zero-order valence-electron chi connectivity index (χ0n) is 12.4. The van der Waals surface area contributed by atoms with Gasteiger partial charge >= 0.3 is 0 Å². The van der Waals surface area contributed by atoms with Gasteiger partial charge in [0.25, 0.3) is 5.91 Å². The average Bonchev–Trinajstić information content (AvgIpc) is 2.48. The molecule has 21 heavy (non-hydrogen) atoms. The van der Waals surface area contributed by atoms with Gasteiger partial charge in [-0.25, -0.2) is 0 Å². The van der Waals surface area contributed by atoms with E-state index in [-0.39, 0.29) is 5.91 Å². The van der Waals surface area contributed by atoms with Gasteiger partial charge in [-0.15, -0.1) is 0 Å². The number of methoxy groups -OCH3 is 1. The van der Waals surface area contributed by atoms with Crippen molar-refractivity contribution in [1.29, 1.82) is 0 Å². The molecule has 0 heterocycles. The number of benzene rings is 2. The van der Waals surface area contributed by atoms with Crippen LogP contribution in [0.15, 0.2) is 42.5 Å². The maximum Gasteiger partial charge on any atom is 0.253 e. The van der Waals surface area contributed by atoms with Crippen molar-refractivity contribution in [1.82, 2.24) is 4.90 Å². The molecule has 0 fully saturated rings. The number of rotatable bonds is 4. The maximum absolute atomic E-state index is 12.1. The van der Waals surface area contributed by atoms with Crippen LogP contribution in [0.1, 0.15) is 15.9 Å². The second-order valence-corrected chi connectivity index (χ2v) is 5.45. The fourth-order valence-corrected chi connectivity index (χ4v) is 2.30. The molecule has 0 saturated heterocycles. The average molecular weight is 304 g/mol. The number of nitrogens with zero attached hydrogens (tertiary/aromatic N) is 1. The molecule has 0 aliphatic carbocycles. The Labute approximate surface area is 130 Å². The van der Waals surface area contributed by atoms with E-state index < -0.39 is 0 Å². The summed E-state index contributed by atoms with van der Waals surface area (Å²) in [5, 5.41) is 0.700. The molecule has 0 aliphatic rings. The van der Waals surface area contributed by atoms with Crippen LogP contribution in [-0.2, 0) is 11.3 Å². The maximum atomic E-state index is 12.1. The SMILES string of the molecule is COCc1cc(C(=O)N(C)C)ccc1-c1ccc(Cl)cc1. The van der Waals surface area contributed by atoms with Crippen molar-refractivity contribution in [3.63, 3.8) is 0 Å². The van der Waals surface area contributed by atoms with Crippen LogP contribution in [0.5, 0.6) is 0 Å². The first-order valence-corrected chi connectivity index (χ1v) is 7.00. The molecule has 0 spiro atoms. The molecule has 110 valence electrons. The van der Waals surface area contributed by atoms with Crippen molar-refractivity contribution in [2.75, 3.05) is 21.2 Å². The summed E-state index contributed by atoms with van der Waals surface area (Å²) in [6, 6.07) is 13.3. The monoisotopic (exact) mass is 303 g/mol. The molecule has 0 bridgehead atoms. The fourth-order valence-electron chi connectivity index (χ4n) is 2.17. The lowest BCUT2D eigenvalue weighted by Gasteiger charge is -2.14. The Morgan fingerprint density at radius 2 is 1.81 bits per heavy atom. The van der Waals surface area contributed by atoms with Gasteiger partial charge in [0.1, 0.15) is 0 Å². The third kappa shape index (κ3) is 3.63. The second kappa shape index (κ2) is 6.74. The van der Waals surface area contributed by atoms with Gasteiger partial charge in [-0.1, -0.05) is 29.8 Å². The van der Waals surface area contributed by atoms with Gasteiger partial charge in [0.05, 0.1) is 6.61 Å². The van der Waals surface area contributed by atoms with Crippen LogP contribution >= 0.6 is 11.6 Å². The van der Waals surface area contributed by atoms with E-state index in [1.54, 1.807) is 26.1 Å². The van der Waals surface area contributed by atoms with E-state index in [0.29, 0.717) is 17.2 Å². The Balaban J connectivity index is 2.46. The summed E-state index contributed by atoms with van der Waals surface area (Å²) in [7, 11) is 5.13. The molecule has 2 aromatic carbocycles. The van der Waals surface area contributed by atoms with E-state index in [9.17, 15) is 4.79 Å². The molecule has 0 N–H and O–H groups in total. The van der Waals surface area contributed by atoms with Gasteiger partial charge < -0.3 is 9.64 Å². The molecule has 0 radical (unpaired) electrons. The van der Waals surface area contributed by atoms with E-state index in [0.717, 1.165) is 16.7 Å². The highest BCUT2D eigenvalue weighted by Crippen LogP contribution is 2.27. The highest BCUT2D eigenvalue weighted by atomic mass is 35.5. The lowest BCUT2D eigenvalue weighted by atomic mass is 9.97. The summed E-state index contributed by atoms with van der Waals surface area (Å²) in [6.45, 7) is 0.451. The standard InChI is InChI=1S/C17H18ClNO2/c1-19(2)17(20)13-6-9-16(14(10-13)11-21-3)12-4-7-15(18)8-5-12/h4-10H,11H2,1-3H3. The molecule has 3 nitrogen and oxygen atoms in total. The molecule has 0 saturated carbocycles. The Morgan fingerprint density at radius 3 is 2.38 bits per heavy atom. The van der Waals surface area contributed by atoms with Crippen molar-refractivity contribution >= 4 is 17.5 Å². The molecule has 0 atom stereocenters. The Bertz CT molecular complexity index is 636. The number of hydrogen-bond donors (Lipinski definition) is 0. The molecule has 4 heteroatoms. The predicted molar refractivity (Wildman–Crippen MR) is 85.6 cm³/mol. The topological polar surface area (TPSA) is 29.5 Å². The summed E-state index contributed by atoms with van der Waals surface area (Å²) < 4.78 is 5.26. The highest BCUT2D eigenvalue weighted by molar-refractivity contribution is 6.30. The van der Waals surface area contributed by atoms with Gasteiger partial charge in [-0.05, 0) is 41.0 Å². The van der Waals surface area contributed by atoms with Crippen LogP contribution in [0.2, 0.25) is 5.02 Å². The molecule has 2 rings (SSSR count). The van der Waals surface area contributed by atoms with E-state index >= 15 is 0 Å². The number of carbonyl (C=O) groups excluding carboxylic acids is 1. The highest BCUT2D eigenvalue weighted by Gasteiger charge is 2.12. The molecular weight excluding hydrogens is 286 g/mol. The van der Waals surface area contributed by atoms with Crippen LogP contribution in [0, 0.1) is 0 Å². The number of ether oxygens (including phenoxy) is 1. The molecule has 0 aromatic heterocycles. The summed E-state index contributed by atoms with van der Waals surface area (Å²) in [5.74, 6) is -0.0185. The van der Waals surface area contributed by atoms with Crippen LogP contribution in [-0.4, -0.2) is 32.0 Å². The first-order valence-electron chi connectivity index (χ1n) is 6.62. The van der Waals surface area contributed by atoms with Crippen molar-refractivity contribution in [2.45, 2.75) is 6.61 Å². The molecule has 0 unspecified atom stereocenters. The quantitative estimate of drug-likeness (QED) is 0.858. The van der Waals surface area contributed by atoms with Crippen LogP contribution in [0.25, 0.3) is 11.1 Å². The predicted octanol–water partition coefficient (Wildman–Crippen LogP) is 3.86. The Hall–Kier alpha value is -1.84. The molecule has 2 aromatic rings. The summed E-state index contributed by atoms with van der Waals surface area (Å²) >= 11 is 5.93. The zero-order chi connectivity index (χ0) is 15.4. The zero-order valence-corrected chi connectivity index (χ0v) is 13.1. The largest absolute Gasteiger partial charge is 0.380 e. The van der Waals surface area contributed by atoms with Crippen LogP contribution in [0.3, 0.4) is 0 Å². The van der Waals surface area contributed by atoms with E-state index in [2.05, 4.69) is 0 Å². The van der Waals surface area contributed by atoms with Gasteiger partial charge in [0.15, 0.2) is 0 Å². The van der Waals surface area contributed by atoms with Gasteiger partial charge in [0.2, 0.25) is 0 Å². The second-order valence-electron chi connectivity index (χ2n) is 5.01. The van der Waals surface area contributed by atoms with Gasteiger partial charge in [0, 0.05) is 31.8 Å². The third-order valence-corrected chi connectivity index (χ3v) is 3.47. The summed E-state index contributed by atoms with van der Waals surface area (Å²) in [6.07, 6.45) is 0. The van der Waals surface area contributed by atoms with Gasteiger partial charge in [-0.2, -0.15) is 0 Å².